The number of hydrogen-bond acceptors (Lipinski definition) is 7. The van der Waals surface area contributed by atoms with Gasteiger partial charge in [-0.05, 0) is 29.8 Å². The van der Waals surface area contributed by atoms with Crippen molar-refractivity contribution in [3.63, 3.8) is 0 Å². The zero-order valence-corrected chi connectivity index (χ0v) is 16.0. The number of aliphatic hydroxyl groups excluding tert-OH is 1. The van der Waals surface area contributed by atoms with Crippen LogP contribution >= 0.6 is 0 Å². The molecule has 1 amide bonds. The number of benzene rings is 2. The molecule has 1 aliphatic rings. The third-order valence-corrected chi connectivity index (χ3v) is 4.33. The van der Waals surface area contributed by atoms with Gasteiger partial charge in [0, 0.05) is 12.1 Å². The second-order valence-electron chi connectivity index (χ2n) is 6.04. The summed E-state index contributed by atoms with van der Waals surface area (Å²) in [4.78, 5) is 12.5. The van der Waals surface area contributed by atoms with Gasteiger partial charge in [0.1, 0.15) is 13.2 Å². The van der Waals surface area contributed by atoms with Gasteiger partial charge in [-0.3, -0.25) is 4.79 Å². The number of amides is 1. The van der Waals surface area contributed by atoms with Crippen LogP contribution in [0.25, 0.3) is 0 Å². The number of rotatable bonds is 7. The largest absolute Gasteiger partial charge is 0.493 e. The van der Waals surface area contributed by atoms with Gasteiger partial charge in [-0.2, -0.15) is 0 Å². The van der Waals surface area contributed by atoms with E-state index in [1.807, 2.05) is 0 Å². The molecule has 28 heavy (non-hydrogen) atoms. The van der Waals surface area contributed by atoms with E-state index in [-0.39, 0.29) is 12.5 Å². The highest BCUT2D eigenvalue weighted by molar-refractivity contribution is 5.95. The Morgan fingerprint density at radius 2 is 1.68 bits per heavy atom. The van der Waals surface area contributed by atoms with Crippen LogP contribution < -0.4 is 29.0 Å². The molecule has 0 bridgehead atoms. The Hall–Kier alpha value is -3.13. The van der Waals surface area contributed by atoms with E-state index in [1.54, 1.807) is 30.3 Å². The van der Waals surface area contributed by atoms with Gasteiger partial charge >= 0.3 is 0 Å². The molecule has 1 unspecified atom stereocenters. The molecule has 0 aliphatic carbocycles. The highest BCUT2D eigenvalue weighted by atomic mass is 16.6. The van der Waals surface area contributed by atoms with Crippen LogP contribution in [0.15, 0.2) is 30.3 Å². The Bertz CT molecular complexity index is 827. The molecule has 150 valence electrons. The Kier molecular flexibility index (Phi) is 6.10. The number of methoxy groups -OCH3 is 3. The minimum absolute atomic E-state index is 0.0230. The fourth-order valence-electron chi connectivity index (χ4n) is 2.89. The first-order valence-corrected chi connectivity index (χ1v) is 8.73. The monoisotopic (exact) mass is 389 g/mol. The average Bonchev–Trinajstić information content (AvgIpc) is 2.75. The summed E-state index contributed by atoms with van der Waals surface area (Å²) in [6, 6.07) is 8.29. The predicted molar refractivity (Wildman–Crippen MR) is 101 cm³/mol. The molecular weight excluding hydrogens is 366 g/mol. The van der Waals surface area contributed by atoms with E-state index in [2.05, 4.69) is 5.32 Å². The maximum absolute atomic E-state index is 12.5. The number of aliphatic hydroxyl groups is 1. The van der Waals surface area contributed by atoms with Crippen molar-refractivity contribution in [2.75, 3.05) is 41.1 Å². The minimum atomic E-state index is -0.901. The summed E-state index contributed by atoms with van der Waals surface area (Å²) < 4.78 is 26.8. The zero-order chi connectivity index (χ0) is 20.1. The van der Waals surface area contributed by atoms with Crippen molar-refractivity contribution in [3.8, 4) is 28.7 Å². The number of carbonyl (C=O) groups is 1. The van der Waals surface area contributed by atoms with Gasteiger partial charge in [0.05, 0.1) is 27.4 Å². The normalized spacial score (nSPS) is 13.4. The molecular formula is C20H23NO7. The van der Waals surface area contributed by atoms with E-state index in [4.69, 9.17) is 23.7 Å². The van der Waals surface area contributed by atoms with Crippen LogP contribution in [0.3, 0.4) is 0 Å². The van der Waals surface area contributed by atoms with Gasteiger partial charge in [-0.15, -0.1) is 0 Å². The second-order valence-corrected chi connectivity index (χ2v) is 6.04. The second kappa shape index (κ2) is 8.71. The fraction of sp³-hybridized carbons (Fsp3) is 0.350. The van der Waals surface area contributed by atoms with E-state index in [1.165, 1.54) is 21.3 Å². The lowest BCUT2D eigenvalue weighted by Gasteiger charge is -2.20. The van der Waals surface area contributed by atoms with Crippen molar-refractivity contribution in [2.24, 2.45) is 0 Å². The molecule has 0 spiro atoms. The molecule has 1 heterocycles. The summed E-state index contributed by atoms with van der Waals surface area (Å²) in [5, 5.41) is 13.1. The molecule has 0 radical (unpaired) electrons. The molecule has 2 N–H and O–H groups in total. The molecule has 0 saturated carbocycles. The van der Waals surface area contributed by atoms with Crippen LogP contribution in [-0.4, -0.2) is 52.1 Å². The SMILES string of the molecule is COc1cc(C(=O)NCC(O)c2ccc3c(c2)OCCO3)cc(OC)c1OC. The van der Waals surface area contributed by atoms with E-state index < -0.39 is 6.10 Å². The minimum Gasteiger partial charge on any atom is -0.493 e. The lowest BCUT2D eigenvalue weighted by molar-refractivity contribution is 0.0915. The maximum atomic E-state index is 12.5. The Labute approximate surface area is 162 Å². The summed E-state index contributed by atoms with van der Waals surface area (Å²) >= 11 is 0. The molecule has 8 nitrogen and oxygen atoms in total. The van der Waals surface area contributed by atoms with Crippen molar-refractivity contribution in [1.29, 1.82) is 0 Å². The summed E-state index contributed by atoms with van der Waals surface area (Å²) in [5.41, 5.74) is 0.943. The number of carbonyl (C=O) groups excluding carboxylic acids is 1. The van der Waals surface area contributed by atoms with Crippen LogP contribution in [0.1, 0.15) is 22.0 Å². The topological polar surface area (TPSA) is 95.5 Å². The van der Waals surface area contributed by atoms with Crippen LogP contribution in [0, 0.1) is 0 Å². The quantitative estimate of drug-likeness (QED) is 0.747. The number of hydrogen-bond donors (Lipinski definition) is 2. The standard InChI is InChI=1S/C20H23NO7/c1-24-17-9-13(10-18(25-2)19(17)26-3)20(23)21-11-14(22)12-4-5-15-16(8-12)28-7-6-27-15/h4-5,8-10,14,22H,6-7,11H2,1-3H3,(H,21,23). The molecule has 0 fully saturated rings. The first-order chi connectivity index (χ1) is 13.6. The molecule has 3 rings (SSSR count). The molecule has 2 aromatic rings. The Balaban J connectivity index is 1.70. The lowest BCUT2D eigenvalue weighted by atomic mass is 10.1. The van der Waals surface area contributed by atoms with Crippen molar-refractivity contribution < 1.29 is 33.6 Å². The fourth-order valence-corrected chi connectivity index (χ4v) is 2.89. The van der Waals surface area contributed by atoms with Crippen molar-refractivity contribution in [2.45, 2.75) is 6.10 Å². The summed E-state index contributed by atoms with van der Waals surface area (Å²) in [6.07, 6.45) is -0.901. The van der Waals surface area contributed by atoms with Gasteiger partial charge in [0.2, 0.25) is 5.75 Å². The highest BCUT2D eigenvalue weighted by Crippen LogP contribution is 2.38. The van der Waals surface area contributed by atoms with Crippen molar-refractivity contribution in [3.05, 3.63) is 41.5 Å². The lowest BCUT2D eigenvalue weighted by Crippen LogP contribution is -2.28. The zero-order valence-electron chi connectivity index (χ0n) is 16.0. The Morgan fingerprint density at radius 1 is 1.04 bits per heavy atom. The van der Waals surface area contributed by atoms with Crippen LogP contribution in [0.5, 0.6) is 28.7 Å². The number of ether oxygens (including phenoxy) is 5. The van der Waals surface area contributed by atoms with E-state index in [9.17, 15) is 9.90 Å². The molecule has 1 aliphatic heterocycles. The summed E-state index contributed by atoms with van der Waals surface area (Å²) in [5.74, 6) is 2.00. The highest BCUT2D eigenvalue weighted by Gasteiger charge is 2.19. The van der Waals surface area contributed by atoms with Crippen LogP contribution in [-0.2, 0) is 0 Å². The average molecular weight is 389 g/mol. The molecule has 0 aromatic heterocycles. The third-order valence-electron chi connectivity index (χ3n) is 4.33. The maximum Gasteiger partial charge on any atom is 0.251 e. The summed E-state index contributed by atoms with van der Waals surface area (Å²) in [7, 11) is 4.44. The third kappa shape index (κ3) is 4.07. The van der Waals surface area contributed by atoms with E-state index >= 15 is 0 Å². The Morgan fingerprint density at radius 3 is 2.29 bits per heavy atom. The summed E-state index contributed by atoms with van der Waals surface area (Å²) in [6.45, 7) is 0.985. The van der Waals surface area contributed by atoms with Crippen molar-refractivity contribution in [1.82, 2.24) is 5.32 Å². The van der Waals surface area contributed by atoms with Gasteiger partial charge in [-0.1, -0.05) is 6.07 Å². The molecule has 0 saturated heterocycles. The molecule has 8 heteroatoms. The molecule has 1 atom stereocenters. The van der Waals surface area contributed by atoms with Crippen molar-refractivity contribution >= 4 is 5.91 Å². The first-order valence-electron chi connectivity index (χ1n) is 8.73. The van der Waals surface area contributed by atoms with E-state index in [0.29, 0.717) is 53.1 Å². The van der Waals surface area contributed by atoms with E-state index in [0.717, 1.165) is 0 Å². The first kappa shape index (κ1) is 19.6. The number of nitrogens with one attached hydrogen (secondary N) is 1. The van der Waals surface area contributed by atoms with Gasteiger partial charge in [-0.25, -0.2) is 0 Å². The predicted octanol–water partition coefficient (Wildman–Crippen LogP) is 1.95. The van der Waals surface area contributed by atoms with Gasteiger partial charge in [0.15, 0.2) is 23.0 Å². The van der Waals surface area contributed by atoms with Crippen LogP contribution in [0.2, 0.25) is 0 Å². The van der Waals surface area contributed by atoms with Crippen LogP contribution in [0.4, 0.5) is 0 Å². The molecule has 2 aromatic carbocycles. The number of fused-ring (bicyclic) bond motifs is 1. The van der Waals surface area contributed by atoms with Gasteiger partial charge < -0.3 is 34.1 Å². The smallest absolute Gasteiger partial charge is 0.251 e. The van der Waals surface area contributed by atoms with Gasteiger partial charge in [0.25, 0.3) is 5.91 Å².